The fraction of sp³-hybridized carbons (Fsp3) is 0.444. The number of aromatic nitrogens is 2. The van der Waals surface area contributed by atoms with Crippen LogP contribution < -0.4 is 14.8 Å². The third-order valence-electron chi connectivity index (χ3n) is 4.37. The Labute approximate surface area is 155 Å². The van der Waals surface area contributed by atoms with Gasteiger partial charge in [0.05, 0.1) is 14.2 Å². The summed E-state index contributed by atoms with van der Waals surface area (Å²) in [6.45, 7) is 2.18. The minimum absolute atomic E-state index is 0.000255. The Morgan fingerprint density at radius 3 is 2.52 bits per heavy atom. The molecular weight excluding hydrogens is 361 g/mol. The molecular formula is C18H21F3N4O2. The summed E-state index contributed by atoms with van der Waals surface area (Å²) in [6.07, 6.45) is -2.57. The maximum absolute atomic E-state index is 12.8. The highest BCUT2D eigenvalue weighted by atomic mass is 19.4. The van der Waals surface area contributed by atoms with Gasteiger partial charge >= 0.3 is 6.18 Å². The summed E-state index contributed by atoms with van der Waals surface area (Å²) in [5.41, 5.74) is 0.0977. The van der Waals surface area contributed by atoms with Crippen LogP contribution in [0.1, 0.15) is 17.7 Å². The van der Waals surface area contributed by atoms with Crippen molar-refractivity contribution in [1.29, 1.82) is 0 Å². The van der Waals surface area contributed by atoms with Crippen molar-refractivity contribution in [2.75, 3.05) is 32.6 Å². The van der Waals surface area contributed by atoms with Crippen LogP contribution >= 0.6 is 0 Å². The van der Waals surface area contributed by atoms with Gasteiger partial charge in [0.15, 0.2) is 0 Å². The number of hydrogen-bond donors (Lipinski definition) is 1. The number of nitrogens with one attached hydrogen (secondary N) is 1. The lowest BCUT2D eigenvalue weighted by molar-refractivity contribution is -0.141. The molecule has 9 heteroatoms. The Morgan fingerprint density at radius 2 is 1.89 bits per heavy atom. The first-order valence-electron chi connectivity index (χ1n) is 8.48. The zero-order valence-electron chi connectivity index (χ0n) is 15.1. The van der Waals surface area contributed by atoms with E-state index in [0.29, 0.717) is 13.1 Å². The maximum atomic E-state index is 12.8. The minimum atomic E-state index is -4.48. The number of hydrogen-bond acceptors (Lipinski definition) is 6. The van der Waals surface area contributed by atoms with Gasteiger partial charge in [0.2, 0.25) is 5.95 Å². The Bertz CT molecular complexity index is 763. The van der Waals surface area contributed by atoms with Gasteiger partial charge in [0.1, 0.15) is 17.2 Å². The molecule has 0 saturated carbocycles. The molecule has 1 saturated heterocycles. The second-order valence-corrected chi connectivity index (χ2v) is 6.35. The van der Waals surface area contributed by atoms with Crippen molar-refractivity contribution in [2.24, 2.45) is 0 Å². The zero-order valence-corrected chi connectivity index (χ0v) is 15.1. The third kappa shape index (κ3) is 5.00. The number of halogens is 3. The molecule has 0 radical (unpaired) electrons. The molecule has 1 N–H and O–H groups in total. The Hall–Kier alpha value is -2.55. The number of rotatable bonds is 6. The topological polar surface area (TPSA) is 59.5 Å². The summed E-state index contributed by atoms with van der Waals surface area (Å²) in [5.74, 6) is 1.44. The van der Waals surface area contributed by atoms with Gasteiger partial charge < -0.3 is 14.8 Å². The van der Waals surface area contributed by atoms with Crippen LogP contribution in [-0.2, 0) is 12.7 Å². The van der Waals surface area contributed by atoms with E-state index in [4.69, 9.17) is 9.47 Å². The van der Waals surface area contributed by atoms with E-state index in [1.165, 1.54) is 0 Å². The molecule has 1 aliphatic rings. The third-order valence-corrected chi connectivity index (χ3v) is 4.37. The number of methoxy groups -OCH3 is 2. The Balaban J connectivity index is 1.61. The molecule has 3 rings (SSSR count). The van der Waals surface area contributed by atoms with Crippen molar-refractivity contribution in [2.45, 2.75) is 25.2 Å². The van der Waals surface area contributed by atoms with E-state index in [1.54, 1.807) is 14.2 Å². The molecule has 0 spiro atoms. The minimum Gasteiger partial charge on any atom is -0.497 e. The van der Waals surface area contributed by atoms with E-state index in [1.807, 2.05) is 18.2 Å². The average Bonchev–Trinajstić information content (AvgIpc) is 3.07. The molecule has 146 valence electrons. The molecule has 27 heavy (non-hydrogen) atoms. The van der Waals surface area contributed by atoms with Crippen LogP contribution in [0.2, 0.25) is 0 Å². The van der Waals surface area contributed by atoms with E-state index < -0.39 is 11.9 Å². The van der Waals surface area contributed by atoms with Gasteiger partial charge in [-0.15, -0.1) is 0 Å². The Morgan fingerprint density at radius 1 is 1.19 bits per heavy atom. The quantitative estimate of drug-likeness (QED) is 0.828. The molecule has 0 aliphatic carbocycles. The molecule has 1 unspecified atom stereocenters. The van der Waals surface area contributed by atoms with Gasteiger partial charge in [-0.2, -0.15) is 13.2 Å². The van der Waals surface area contributed by atoms with E-state index in [-0.39, 0.29) is 12.0 Å². The van der Waals surface area contributed by atoms with E-state index in [0.717, 1.165) is 42.3 Å². The number of anilines is 1. The molecule has 1 fully saturated rings. The first-order chi connectivity index (χ1) is 12.9. The highest BCUT2D eigenvalue weighted by Gasteiger charge is 2.33. The van der Waals surface area contributed by atoms with Crippen LogP contribution in [-0.4, -0.2) is 48.2 Å². The summed E-state index contributed by atoms with van der Waals surface area (Å²) in [6, 6.07) is 6.55. The summed E-state index contributed by atoms with van der Waals surface area (Å²) >= 11 is 0. The van der Waals surface area contributed by atoms with Crippen LogP contribution in [0.15, 0.2) is 30.5 Å². The molecule has 1 aromatic heterocycles. The van der Waals surface area contributed by atoms with Gasteiger partial charge in [-0.25, -0.2) is 9.97 Å². The largest absolute Gasteiger partial charge is 0.497 e. The first kappa shape index (κ1) is 19.2. The molecule has 1 aliphatic heterocycles. The average molecular weight is 382 g/mol. The lowest BCUT2D eigenvalue weighted by atomic mass is 10.2. The second-order valence-electron chi connectivity index (χ2n) is 6.35. The molecule has 1 atom stereocenters. The molecule has 2 aromatic rings. The summed E-state index contributed by atoms with van der Waals surface area (Å²) < 4.78 is 48.9. The standard InChI is InChI=1S/C18H21F3N4O2/c1-26-14-7-12(8-15(9-14)27-2)10-25-6-4-13(11-25)23-17-22-5-3-16(24-17)18(19,20)21/h3,5,7-9,13H,4,6,10-11H2,1-2H3,(H,22,23,24). The predicted octanol–water partition coefficient (Wildman–Crippen LogP) is 3.20. The highest BCUT2D eigenvalue weighted by molar-refractivity contribution is 5.38. The first-order valence-corrected chi connectivity index (χ1v) is 8.48. The summed E-state index contributed by atoms with van der Waals surface area (Å²) in [5, 5.41) is 3.00. The second kappa shape index (κ2) is 7.99. The van der Waals surface area contributed by atoms with Crippen LogP contribution in [0.3, 0.4) is 0 Å². The SMILES string of the molecule is COc1cc(CN2CCC(Nc3nccc(C(F)(F)F)n3)C2)cc(OC)c1. The molecule has 2 heterocycles. The van der Waals surface area contributed by atoms with Crippen molar-refractivity contribution in [3.05, 3.63) is 41.7 Å². The fourth-order valence-electron chi connectivity index (χ4n) is 3.08. The van der Waals surface area contributed by atoms with Gasteiger partial charge in [-0.1, -0.05) is 0 Å². The van der Waals surface area contributed by atoms with Crippen LogP contribution in [0.5, 0.6) is 11.5 Å². The summed E-state index contributed by atoms with van der Waals surface area (Å²) in [4.78, 5) is 9.67. The lowest BCUT2D eigenvalue weighted by Gasteiger charge is -2.18. The van der Waals surface area contributed by atoms with Gasteiger partial charge in [-0.3, -0.25) is 4.90 Å². The number of alkyl halides is 3. The fourth-order valence-corrected chi connectivity index (χ4v) is 3.08. The van der Waals surface area contributed by atoms with Crippen LogP contribution in [0, 0.1) is 0 Å². The van der Waals surface area contributed by atoms with Crippen LogP contribution in [0.4, 0.5) is 19.1 Å². The highest BCUT2D eigenvalue weighted by Crippen LogP contribution is 2.28. The van der Waals surface area contributed by atoms with Crippen molar-refractivity contribution in [3.8, 4) is 11.5 Å². The van der Waals surface area contributed by atoms with Crippen molar-refractivity contribution in [1.82, 2.24) is 14.9 Å². The number of likely N-dealkylation sites (tertiary alicyclic amines) is 1. The lowest BCUT2D eigenvalue weighted by Crippen LogP contribution is -2.27. The van der Waals surface area contributed by atoms with Gasteiger partial charge in [0, 0.05) is 37.9 Å². The number of nitrogens with zero attached hydrogens (tertiary/aromatic N) is 3. The van der Waals surface area contributed by atoms with Crippen molar-refractivity contribution < 1.29 is 22.6 Å². The maximum Gasteiger partial charge on any atom is 0.433 e. The summed E-state index contributed by atoms with van der Waals surface area (Å²) in [7, 11) is 3.20. The Kier molecular flexibility index (Phi) is 5.69. The van der Waals surface area contributed by atoms with Gasteiger partial charge in [-0.05, 0) is 30.2 Å². The molecule has 1 aromatic carbocycles. The van der Waals surface area contributed by atoms with Crippen molar-refractivity contribution in [3.63, 3.8) is 0 Å². The number of benzene rings is 1. The van der Waals surface area contributed by atoms with Crippen LogP contribution in [0.25, 0.3) is 0 Å². The normalized spacial score (nSPS) is 17.7. The monoisotopic (exact) mass is 382 g/mol. The van der Waals surface area contributed by atoms with E-state index in [2.05, 4.69) is 20.2 Å². The number of ether oxygens (including phenoxy) is 2. The molecule has 6 nitrogen and oxygen atoms in total. The van der Waals surface area contributed by atoms with E-state index >= 15 is 0 Å². The van der Waals surface area contributed by atoms with Gasteiger partial charge in [0.25, 0.3) is 0 Å². The molecule has 0 bridgehead atoms. The smallest absolute Gasteiger partial charge is 0.433 e. The molecule has 0 amide bonds. The zero-order chi connectivity index (χ0) is 19.4. The van der Waals surface area contributed by atoms with Crippen molar-refractivity contribution >= 4 is 5.95 Å². The predicted molar refractivity (Wildman–Crippen MR) is 93.9 cm³/mol. The van der Waals surface area contributed by atoms with E-state index in [9.17, 15) is 13.2 Å².